The standard InChI is InChI=1S/C13H20N8S/c1-19(2)12-17-10(16-11(14)18-12)9-20-4-6-21(7-5-20)13-15-3-8-22-13/h3,8H,4-7,9H2,1-2H3,(H2,14,16,17,18). The molecule has 2 aromatic rings. The summed E-state index contributed by atoms with van der Waals surface area (Å²) in [6.07, 6.45) is 1.85. The first kappa shape index (κ1) is 14.9. The number of thiazole rings is 1. The lowest BCUT2D eigenvalue weighted by Crippen LogP contribution is -2.46. The molecule has 0 aliphatic carbocycles. The third kappa shape index (κ3) is 3.42. The molecule has 0 bridgehead atoms. The molecule has 2 N–H and O–H groups in total. The van der Waals surface area contributed by atoms with Gasteiger partial charge in [0.15, 0.2) is 5.13 Å². The Morgan fingerprint density at radius 3 is 2.59 bits per heavy atom. The molecule has 3 heterocycles. The number of aromatic nitrogens is 4. The molecule has 0 saturated carbocycles. The lowest BCUT2D eigenvalue weighted by Gasteiger charge is -2.34. The zero-order valence-corrected chi connectivity index (χ0v) is 13.6. The fourth-order valence-corrected chi connectivity index (χ4v) is 3.06. The molecule has 118 valence electrons. The molecule has 9 heteroatoms. The van der Waals surface area contributed by atoms with Crippen molar-refractivity contribution in [3.8, 4) is 0 Å². The normalized spacial score (nSPS) is 16.0. The molecule has 1 aliphatic heterocycles. The number of nitrogens with zero attached hydrogens (tertiary/aromatic N) is 7. The van der Waals surface area contributed by atoms with Gasteiger partial charge in [0.05, 0.1) is 6.54 Å². The summed E-state index contributed by atoms with van der Waals surface area (Å²) in [7, 11) is 3.79. The maximum absolute atomic E-state index is 5.77. The Morgan fingerprint density at radius 2 is 1.95 bits per heavy atom. The highest BCUT2D eigenvalue weighted by Crippen LogP contribution is 2.19. The summed E-state index contributed by atoms with van der Waals surface area (Å²) in [5.74, 6) is 1.60. The molecule has 0 spiro atoms. The van der Waals surface area contributed by atoms with Crippen LogP contribution < -0.4 is 15.5 Å². The van der Waals surface area contributed by atoms with Crippen molar-refractivity contribution in [2.24, 2.45) is 0 Å². The minimum Gasteiger partial charge on any atom is -0.368 e. The van der Waals surface area contributed by atoms with Crippen molar-refractivity contribution in [1.82, 2.24) is 24.8 Å². The van der Waals surface area contributed by atoms with Crippen LogP contribution in [0.15, 0.2) is 11.6 Å². The third-order valence-corrected chi connectivity index (χ3v) is 4.35. The Kier molecular flexibility index (Phi) is 4.34. The van der Waals surface area contributed by atoms with E-state index in [-0.39, 0.29) is 5.95 Å². The molecular weight excluding hydrogens is 300 g/mol. The second-order valence-electron chi connectivity index (χ2n) is 5.38. The smallest absolute Gasteiger partial charge is 0.229 e. The van der Waals surface area contributed by atoms with Crippen LogP contribution >= 0.6 is 11.3 Å². The zero-order chi connectivity index (χ0) is 15.5. The van der Waals surface area contributed by atoms with Crippen LogP contribution in [0.2, 0.25) is 0 Å². The van der Waals surface area contributed by atoms with Crippen LogP contribution in [0.4, 0.5) is 17.0 Å². The first-order valence-corrected chi connectivity index (χ1v) is 8.04. The summed E-state index contributed by atoms with van der Waals surface area (Å²) >= 11 is 1.68. The Hall–Kier alpha value is -2.00. The Labute approximate surface area is 133 Å². The average molecular weight is 320 g/mol. The predicted octanol–water partition coefficient (Wildman–Crippen LogP) is 0.298. The third-order valence-electron chi connectivity index (χ3n) is 3.51. The molecule has 1 aliphatic rings. The molecule has 22 heavy (non-hydrogen) atoms. The first-order chi connectivity index (χ1) is 10.6. The molecule has 3 rings (SSSR count). The minimum atomic E-state index is 0.273. The van der Waals surface area contributed by atoms with Crippen molar-refractivity contribution < 1.29 is 0 Å². The van der Waals surface area contributed by atoms with Crippen molar-refractivity contribution in [1.29, 1.82) is 0 Å². The number of piperazine rings is 1. The van der Waals surface area contributed by atoms with E-state index in [0.29, 0.717) is 12.5 Å². The lowest BCUT2D eigenvalue weighted by molar-refractivity contribution is 0.244. The van der Waals surface area contributed by atoms with Gasteiger partial charge >= 0.3 is 0 Å². The molecule has 0 radical (unpaired) electrons. The highest BCUT2D eigenvalue weighted by molar-refractivity contribution is 7.13. The van der Waals surface area contributed by atoms with Gasteiger partial charge in [0.2, 0.25) is 11.9 Å². The van der Waals surface area contributed by atoms with Crippen LogP contribution in [-0.2, 0) is 6.54 Å². The molecular formula is C13H20N8S. The minimum absolute atomic E-state index is 0.273. The molecule has 8 nitrogen and oxygen atoms in total. The number of nitrogen functional groups attached to an aromatic ring is 1. The quantitative estimate of drug-likeness (QED) is 0.860. The Morgan fingerprint density at radius 1 is 1.18 bits per heavy atom. The van der Waals surface area contributed by atoms with E-state index in [4.69, 9.17) is 5.73 Å². The summed E-state index contributed by atoms with van der Waals surface area (Å²) in [6, 6.07) is 0. The molecule has 0 amide bonds. The van der Waals surface area contributed by atoms with Gasteiger partial charge in [-0.05, 0) is 0 Å². The van der Waals surface area contributed by atoms with Crippen LogP contribution in [0.1, 0.15) is 5.82 Å². The second-order valence-corrected chi connectivity index (χ2v) is 6.26. The number of anilines is 3. The average Bonchev–Trinajstić information content (AvgIpc) is 3.01. The van der Waals surface area contributed by atoms with E-state index in [2.05, 4.69) is 29.7 Å². The van der Waals surface area contributed by atoms with Gasteiger partial charge < -0.3 is 15.5 Å². The highest BCUT2D eigenvalue weighted by atomic mass is 32.1. The Balaban J connectivity index is 1.61. The monoisotopic (exact) mass is 320 g/mol. The van der Waals surface area contributed by atoms with Gasteiger partial charge in [-0.15, -0.1) is 11.3 Å². The van der Waals surface area contributed by atoms with Crippen molar-refractivity contribution in [3.63, 3.8) is 0 Å². The van der Waals surface area contributed by atoms with Crippen LogP contribution in [-0.4, -0.2) is 65.1 Å². The lowest BCUT2D eigenvalue weighted by atomic mass is 10.3. The van der Waals surface area contributed by atoms with E-state index in [0.717, 1.165) is 37.1 Å². The topological polar surface area (TPSA) is 87.3 Å². The summed E-state index contributed by atoms with van der Waals surface area (Å²) in [4.78, 5) is 23.7. The van der Waals surface area contributed by atoms with E-state index in [1.54, 1.807) is 11.3 Å². The van der Waals surface area contributed by atoms with Gasteiger partial charge in [0.25, 0.3) is 0 Å². The molecule has 0 unspecified atom stereocenters. The van der Waals surface area contributed by atoms with Gasteiger partial charge in [-0.3, -0.25) is 4.90 Å². The second kappa shape index (κ2) is 6.41. The zero-order valence-electron chi connectivity index (χ0n) is 12.8. The summed E-state index contributed by atoms with van der Waals surface area (Å²) < 4.78 is 0. The highest BCUT2D eigenvalue weighted by Gasteiger charge is 2.20. The first-order valence-electron chi connectivity index (χ1n) is 7.16. The van der Waals surface area contributed by atoms with Gasteiger partial charge in [-0.1, -0.05) is 0 Å². The summed E-state index contributed by atoms with van der Waals surface area (Å²) in [5, 5.41) is 3.11. The molecule has 1 fully saturated rings. The van der Waals surface area contributed by atoms with E-state index in [9.17, 15) is 0 Å². The van der Waals surface area contributed by atoms with Crippen LogP contribution in [0.3, 0.4) is 0 Å². The van der Waals surface area contributed by atoms with Crippen molar-refractivity contribution in [2.45, 2.75) is 6.54 Å². The van der Waals surface area contributed by atoms with E-state index in [1.807, 2.05) is 30.6 Å². The van der Waals surface area contributed by atoms with E-state index < -0.39 is 0 Å². The maximum atomic E-state index is 5.77. The van der Waals surface area contributed by atoms with E-state index in [1.165, 1.54) is 0 Å². The predicted molar refractivity (Wildman–Crippen MR) is 88.2 cm³/mol. The molecule has 0 aromatic carbocycles. The largest absolute Gasteiger partial charge is 0.368 e. The van der Waals surface area contributed by atoms with Crippen LogP contribution in [0.25, 0.3) is 0 Å². The number of rotatable bonds is 4. The van der Waals surface area contributed by atoms with Crippen molar-refractivity contribution in [2.75, 3.05) is 55.8 Å². The maximum Gasteiger partial charge on any atom is 0.229 e. The molecule has 1 saturated heterocycles. The fraction of sp³-hybridized carbons (Fsp3) is 0.538. The van der Waals surface area contributed by atoms with E-state index >= 15 is 0 Å². The summed E-state index contributed by atoms with van der Waals surface area (Å²) in [5.41, 5.74) is 5.77. The van der Waals surface area contributed by atoms with Crippen LogP contribution in [0, 0.1) is 0 Å². The molecule has 2 aromatic heterocycles. The van der Waals surface area contributed by atoms with Gasteiger partial charge in [-0.25, -0.2) is 4.98 Å². The fourth-order valence-electron chi connectivity index (χ4n) is 2.37. The number of hydrogen-bond acceptors (Lipinski definition) is 9. The number of hydrogen-bond donors (Lipinski definition) is 1. The van der Waals surface area contributed by atoms with Crippen molar-refractivity contribution >= 4 is 28.4 Å². The van der Waals surface area contributed by atoms with Gasteiger partial charge in [-0.2, -0.15) is 15.0 Å². The summed E-state index contributed by atoms with van der Waals surface area (Å²) in [6.45, 7) is 4.55. The number of nitrogens with two attached hydrogens (primary N) is 1. The molecule has 0 atom stereocenters. The Bertz CT molecular complexity index is 607. The van der Waals surface area contributed by atoms with Gasteiger partial charge in [0, 0.05) is 51.9 Å². The van der Waals surface area contributed by atoms with Gasteiger partial charge in [0.1, 0.15) is 5.82 Å². The van der Waals surface area contributed by atoms with Crippen LogP contribution in [0.5, 0.6) is 0 Å². The SMILES string of the molecule is CN(C)c1nc(N)nc(CN2CCN(c3nccs3)CC2)n1. The van der Waals surface area contributed by atoms with Crippen molar-refractivity contribution in [3.05, 3.63) is 17.4 Å².